The van der Waals surface area contributed by atoms with E-state index in [0.29, 0.717) is 21.6 Å². The highest BCUT2D eigenvalue weighted by atomic mass is 35.5. The van der Waals surface area contributed by atoms with Gasteiger partial charge in [0.25, 0.3) is 5.91 Å². The van der Waals surface area contributed by atoms with Gasteiger partial charge in [-0.3, -0.25) is 9.69 Å². The van der Waals surface area contributed by atoms with Crippen LogP contribution in [0.2, 0.25) is 5.15 Å². The number of unbranched alkanes of at least 4 members (excludes halogenated alkanes) is 3. The van der Waals surface area contributed by atoms with E-state index in [9.17, 15) is 4.79 Å². The predicted molar refractivity (Wildman–Crippen MR) is 164 cm³/mol. The molecule has 206 valence electrons. The van der Waals surface area contributed by atoms with E-state index in [-0.39, 0.29) is 5.91 Å². The average molecular weight is 564 g/mol. The minimum absolute atomic E-state index is 0.0191. The molecule has 0 saturated carbocycles. The van der Waals surface area contributed by atoms with Gasteiger partial charge in [0, 0.05) is 56.7 Å². The van der Waals surface area contributed by atoms with Gasteiger partial charge in [0.1, 0.15) is 11.0 Å². The average Bonchev–Trinajstić information content (AvgIpc) is 2.97. The normalized spacial score (nSPS) is 14.2. The number of amides is 1. The zero-order valence-corrected chi connectivity index (χ0v) is 24.3. The molecule has 0 spiro atoms. The summed E-state index contributed by atoms with van der Waals surface area (Å²) < 4.78 is 0. The minimum atomic E-state index is -0.0191. The molecule has 6 nitrogen and oxygen atoms in total. The maximum absolute atomic E-state index is 12.5. The fraction of sp³-hybridized carbons (Fsp3) is 0.387. The van der Waals surface area contributed by atoms with Crippen molar-refractivity contribution in [1.29, 1.82) is 0 Å². The van der Waals surface area contributed by atoms with Crippen molar-refractivity contribution in [2.24, 2.45) is 0 Å². The van der Waals surface area contributed by atoms with Crippen LogP contribution < -0.4 is 10.2 Å². The molecule has 3 aromatic rings. The van der Waals surface area contributed by atoms with Gasteiger partial charge in [0.05, 0.1) is 0 Å². The summed E-state index contributed by atoms with van der Waals surface area (Å²) in [7, 11) is 0. The monoisotopic (exact) mass is 563 g/mol. The number of carbonyl (C=O) groups excluding carboxylic acids is 1. The largest absolute Gasteiger partial charge is 0.354 e. The number of nitrogens with zero attached hydrogens (tertiary/aromatic N) is 4. The Hall–Kier alpha value is -2.87. The number of hydrogen-bond donors (Lipinski definition) is 1. The fourth-order valence-corrected chi connectivity index (χ4v) is 5.50. The lowest BCUT2D eigenvalue weighted by Crippen LogP contribution is -2.46. The van der Waals surface area contributed by atoms with Crippen molar-refractivity contribution in [1.82, 2.24) is 20.2 Å². The SMILES string of the molecule is CCCCCCNC(=O)c1cccc(CSc2nc(Cl)cc(N3CCN(CC=Cc4ccccc4)CC3)n2)c1. The van der Waals surface area contributed by atoms with Gasteiger partial charge in [-0.25, -0.2) is 9.97 Å². The molecule has 1 fully saturated rings. The highest BCUT2D eigenvalue weighted by Crippen LogP contribution is 2.25. The molecule has 0 bridgehead atoms. The molecule has 1 amide bonds. The molecule has 1 aromatic heterocycles. The first-order valence-corrected chi connectivity index (χ1v) is 15.2. The molecule has 0 unspecified atom stereocenters. The third-order valence-corrected chi connectivity index (χ3v) is 7.82. The molecule has 0 aliphatic carbocycles. The van der Waals surface area contributed by atoms with Crippen LogP contribution in [0.4, 0.5) is 5.82 Å². The van der Waals surface area contributed by atoms with E-state index in [0.717, 1.165) is 63.5 Å². The van der Waals surface area contributed by atoms with Crippen molar-refractivity contribution in [3.8, 4) is 0 Å². The molecular formula is C31H38ClN5OS. The van der Waals surface area contributed by atoms with Gasteiger partial charge >= 0.3 is 0 Å². The maximum Gasteiger partial charge on any atom is 0.251 e. The van der Waals surface area contributed by atoms with E-state index in [4.69, 9.17) is 16.6 Å². The van der Waals surface area contributed by atoms with Crippen molar-refractivity contribution in [2.45, 2.75) is 43.5 Å². The van der Waals surface area contributed by atoms with Crippen LogP contribution in [0.5, 0.6) is 0 Å². The van der Waals surface area contributed by atoms with Crippen LogP contribution in [0.3, 0.4) is 0 Å². The Balaban J connectivity index is 1.26. The molecule has 0 atom stereocenters. The third kappa shape index (κ3) is 9.67. The smallest absolute Gasteiger partial charge is 0.251 e. The lowest BCUT2D eigenvalue weighted by molar-refractivity contribution is 0.0953. The Labute approximate surface area is 241 Å². The number of anilines is 1. The van der Waals surface area contributed by atoms with E-state index in [2.05, 4.69) is 63.4 Å². The molecule has 39 heavy (non-hydrogen) atoms. The topological polar surface area (TPSA) is 61.4 Å². The summed E-state index contributed by atoms with van der Waals surface area (Å²) in [5.74, 6) is 1.52. The summed E-state index contributed by atoms with van der Waals surface area (Å²) in [5.41, 5.74) is 2.97. The summed E-state index contributed by atoms with van der Waals surface area (Å²) in [6.45, 7) is 7.57. The zero-order valence-electron chi connectivity index (χ0n) is 22.7. The van der Waals surface area contributed by atoms with Crippen LogP contribution in [0.15, 0.2) is 71.9 Å². The number of piperazine rings is 1. The number of halogens is 1. The van der Waals surface area contributed by atoms with Gasteiger partial charge < -0.3 is 10.2 Å². The lowest BCUT2D eigenvalue weighted by atomic mass is 10.1. The summed E-state index contributed by atoms with van der Waals surface area (Å²) in [6, 6.07) is 20.0. The van der Waals surface area contributed by atoms with Crippen LogP contribution >= 0.6 is 23.4 Å². The van der Waals surface area contributed by atoms with Gasteiger partial charge in [-0.05, 0) is 29.7 Å². The van der Waals surface area contributed by atoms with E-state index in [1.54, 1.807) is 0 Å². The Kier molecular flexibility index (Phi) is 11.7. The number of benzene rings is 2. The van der Waals surface area contributed by atoms with E-state index >= 15 is 0 Å². The number of rotatable bonds is 13. The molecule has 2 heterocycles. The zero-order chi connectivity index (χ0) is 27.3. The Morgan fingerprint density at radius 1 is 1.00 bits per heavy atom. The molecule has 0 radical (unpaired) electrons. The van der Waals surface area contributed by atoms with Crippen LogP contribution in [0.1, 0.15) is 54.1 Å². The predicted octanol–water partition coefficient (Wildman–Crippen LogP) is 6.57. The molecule has 1 aliphatic heterocycles. The number of hydrogen-bond acceptors (Lipinski definition) is 6. The summed E-state index contributed by atoms with van der Waals surface area (Å²) in [4.78, 5) is 26.5. The molecular weight excluding hydrogens is 526 g/mol. The quantitative estimate of drug-likeness (QED) is 0.110. The standard InChI is InChI=1S/C31H38ClN5OS/c1-2-3-4-8-16-33-30(38)27-15-9-13-26(22-27)24-39-31-34-28(32)23-29(35-31)37-20-18-36(19-21-37)17-10-14-25-11-6-5-7-12-25/h5-7,9-15,22-23H,2-4,8,16-21,24H2,1H3,(H,33,38). The van der Waals surface area contributed by atoms with Crippen LogP contribution in [-0.2, 0) is 5.75 Å². The van der Waals surface area contributed by atoms with E-state index < -0.39 is 0 Å². The van der Waals surface area contributed by atoms with Crippen molar-refractivity contribution < 1.29 is 4.79 Å². The first kappa shape index (κ1) is 29.1. The van der Waals surface area contributed by atoms with Gasteiger partial charge in [-0.1, -0.05) is 104 Å². The highest BCUT2D eigenvalue weighted by Gasteiger charge is 2.19. The van der Waals surface area contributed by atoms with E-state index in [1.807, 2.05) is 36.4 Å². The summed E-state index contributed by atoms with van der Waals surface area (Å²) in [6.07, 6.45) is 8.97. The number of aromatic nitrogens is 2. The molecule has 8 heteroatoms. The number of carbonyl (C=O) groups is 1. The van der Waals surface area contributed by atoms with Crippen molar-refractivity contribution in [3.63, 3.8) is 0 Å². The van der Waals surface area contributed by atoms with E-state index in [1.165, 1.54) is 30.2 Å². The Morgan fingerprint density at radius 2 is 1.82 bits per heavy atom. The van der Waals surface area contributed by atoms with Crippen molar-refractivity contribution >= 4 is 41.2 Å². The summed E-state index contributed by atoms with van der Waals surface area (Å²) >= 11 is 7.93. The van der Waals surface area contributed by atoms with Crippen LogP contribution in [-0.4, -0.2) is 60.0 Å². The number of thioether (sulfide) groups is 1. The summed E-state index contributed by atoms with van der Waals surface area (Å²) in [5, 5.41) is 4.13. The first-order chi connectivity index (χ1) is 19.1. The van der Waals surface area contributed by atoms with Gasteiger partial charge in [-0.2, -0.15) is 0 Å². The van der Waals surface area contributed by atoms with Gasteiger partial charge in [-0.15, -0.1) is 0 Å². The van der Waals surface area contributed by atoms with Gasteiger partial charge in [0.2, 0.25) is 0 Å². The Bertz CT molecular complexity index is 1210. The second-order valence-electron chi connectivity index (χ2n) is 9.74. The van der Waals surface area contributed by atoms with Gasteiger partial charge in [0.15, 0.2) is 5.16 Å². The third-order valence-electron chi connectivity index (χ3n) is 6.70. The van der Waals surface area contributed by atoms with Crippen molar-refractivity contribution in [2.75, 3.05) is 44.2 Å². The van der Waals surface area contributed by atoms with Crippen LogP contribution in [0, 0.1) is 0 Å². The second kappa shape index (κ2) is 15.7. The molecule has 2 aromatic carbocycles. The molecule has 1 aliphatic rings. The Morgan fingerprint density at radius 3 is 2.62 bits per heavy atom. The lowest BCUT2D eigenvalue weighted by Gasteiger charge is -2.35. The number of nitrogens with one attached hydrogen (secondary N) is 1. The fourth-order valence-electron chi connectivity index (χ4n) is 4.48. The van der Waals surface area contributed by atoms with Crippen LogP contribution in [0.25, 0.3) is 6.08 Å². The maximum atomic E-state index is 12.5. The molecule has 4 rings (SSSR count). The second-order valence-corrected chi connectivity index (χ2v) is 11.1. The molecule has 1 saturated heterocycles. The highest BCUT2D eigenvalue weighted by molar-refractivity contribution is 7.98. The molecule has 1 N–H and O–H groups in total. The first-order valence-electron chi connectivity index (χ1n) is 13.8. The van der Waals surface area contributed by atoms with Crippen molar-refractivity contribution in [3.05, 3.63) is 88.6 Å². The minimum Gasteiger partial charge on any atom is -0.354 e.